The van der Waals surface area contributed by atoms with Crippen LogP contribution in [-0.4, -0.2) is 9.78 Å². The molecule has 102 valence electrons. The van der Waals surface area contributed by atoms with Crippen LogP contribution < -0.4 is 5.43 Å². The standard InChI is InChI=1S/C17H12N2O2/c1-19-10-12-8-11(6-7-14(12)18-19)17-9-15(20)13-4-2-3-5-16(13)21-17/h2-10H,1H3. The van der Waals surface area contributed by atoms with Crippen LogP contribution in [0.5, 0.6) is 0 Å². The molecule has 0 unspecified atom stereocenters. The monoisotopic (exact) mass is 276 g/mol. The Labute approximate surface area is 120 Å². The Morgan fingerprint density at radius 1 is 1.10 bits per heavy atom. The maximum Gasteiger partial charge on any atom is 0.193 e. The summed E-state index contributed by atoms with van der Waals surface area (Å²) in [5.74, 6) is 0.574. The van der Waals surface area contributed by atoms with E-state index < -0.39 is 0 Å². The Kier molecular flexibility index (Phi) is 2.44. The van der Waals surface area contributed by atoms with E-state index in [-0.39, 0.29) is 5.43 Å². The Balaban J connectivity index is 1.97. The zero-order chi connectivity index (χ0) is 14.4. The predicted molar refractivity (Wildman–Crippen MR) is 82.2 cm³/mol. The molecular formula is C17H12N2O2. The number of nitrogens with zero attached hydrogens (tertiary/aromatic N) is 2. The van der Waals surface area contributed by atoms with Gasteiger partial charge in [0.25, 0.3) is 0 Å². The first kappa shape index (κ1) is 11.9. The molecule has 0 spiro atoms. The highest BCUT2D eigenvalue weighted by atomic mass is 16.3. The fourth-order valence-corrected chi connectivity index (χ4v) is 2.55. The zero-order valence-corrected chi connectivity index (χ0v) is 11.4. The minimum Gasteiger partial charge on any atom is -0.456 e. The Morgan fingerprint density at radius 2 is 1.95 bits per heavy atom. The molecule has 2 heterocycles. The molecule has 0 radical (unpaired) electrons. The lowest BCUT2D eigenvalue weighted by molar-refractivity contribution is 0.619. The van der Waals surface area contributed by atoms with Gasteiger partial charge in [-0.3, -0.25) is 9.48 Å². The fraction of sp³-hybridized carbons (Fsp3) is 0.0588. The van der Waals surface area contributed by atoms with E-state index in [9.17, 15) is 4.79 Å². The van der Waals surface area contributed by atoms with Gasteiger partial charge in [-0.2, -0.15) is 5.10 Å². The average molecular weight is 276 g/mol. The quantitative estimate of drug-likeness (QED) is 0.535. The highest BCUT2D eigenvalue weighted by molar-refractivity contribution is 5.84. The summed E-state index contributed by atoms with van der Waals surface area (Å²) in [5, 5.41) is 5.96. The van der Waals surface area contributed by atoms with E-state index in [2.05, 4.69) is 5.10 Å². The van der Waals surface area contributed by atoms with Gasteiger partial charge in [-0.1, -0.05) is 12.1 Å². The summed E-state index contributed by atoms with van der Waals surface area (Å²) in [6.07, 6.45) is 1.94. The van der Waals surface area contributed by atoms with Crippen LogP contribution in [-0.2, 0) is 7.05 Å². The molecule has 2 aromatic heterocycles. The number of aromatic nitrogens is 2. The summed E-state index contributed by atoms with van der Waals surface area (Å²) in [6.45, 7) is 0. The molecular weight excluding hydrogens is 264 g/mol. The fourth-order valence-electron chi connectivity index (χ4n) is 2.55. The molecule has 0 atom stereocenters. The van der Waals surface area contributed by atoms with E-state index in [1.54, 1.807) is 16.8 Å². The van der Waals surface area contributed by atoms with Gasteiger partial charge in [0.2, 0.25) is 0 Å². The average Bonchev–Trinajstić information content (AvgIpc) is 2.86. The van der Waals surface area contributed by atoms with E-state index in [1.165, 1.54) is 0 Å². The van der Waals surface area contributed by atoms with Gasteiger partial charge in [-0.05, 0) is 30.3 Å². The van der Waals surface area contributed by atoms with Crippen molar-refractivity contribution >= 4 is 21.9 Å². The van der Waals surface area contributed by atoms with Gasteiger partial charge in [0.05, 0.1) is 10.9 Å². The molecule has 0 N–H and O–H groups in total. The van der Waals surface area contributed by atoms with Gasteiger partial charge >= 0.3 is 0 Å². The molecule has 0 bridgehead atoms. The van der Waals surface area contributed by atoms with Crippen molar-refractivity contribution < 1.29 is 4.42 Å². The third-order valence-corrected chi connectivity index (χ3v) is 3.54. The van der Waals surface area contributed by atoms with Gasteiger partial charge in [0.1, 0.15) is 11.3 Å². The number of para-hydroxylation sites is 1. The van der Waals surface area contributed by atoms with Gasteiger partial charge in [0.15, 0.2) is 5.43 Å². The summed E-state index contributed by atoms with van der Waals surface area (Å²) in [7, 11) is 1.88. The molecule has 2 aromatic carbocycles. The SMILES string of the molecule is Cn1cc2cc(-c3cc(=O)c4ccccc4o3)ccc2n1. The maximum absolute atomic E-state index is 12.2. The summed E-state index contributed by atoms with van der Waals surface area (Å²) in [6, 6.07) is 14.6. The van der Waals surface area contributed by atoms with Crippen molar-refractivity contribution in [2.45, 2.75) is 0 Å². The number of fused-ring (bicyclic) bond motifs is 2. The van der Waals surface area contributed by atoms with Crippen LogP contribution in [0.1, 0.15) is 0 Å². The lowest BCUT2D eigenvalue weighted by Gasteiger charge is -2.03. The highest BCUT2D eigenvalue weighted by Gasteiger charge is 2.08. The van der Waals surface area contributed by atoms with Crippen LogP contribution in [0.25, 0.3) is 33.2 Å². The number of hydrogen-bond donors (Lipinski definition) is 0. The lowest BCUT2D eigenvalue weighted by Crippen LogP contribution is -1.99. The van der Waals surface area contributed by atoms with Gasteiger partial charge in [0, 0.05) is 30.3 Å². The minimum atomic E-state index is -0.0295. The van der Waals surface area contributed by atoms with E-state index in [0.717, 1.165) is 16.5 Å². The first-order chi connectivity index (χ1) is 10.2. The third kappa shape index (κ3) is 1.92. The molecule has 21 heavy (non-hydrogen) atoms. The predicted octanol–water partition coefficient (Wildman–Crippen LogP) is 3.35. The number of aryl methyl sites for hydroxylation is 1. The van der Waals surface area contributed by atoms with Crippen molar-refractivity contribution in [3.05, 3.63) is 65.0 Å². The molecule has 0 amide bonds. The summed E-state index contributed by atoms with van der Waals surface area (Å²) in [4.78, 5) is 12.2. The van der Waals surface area contributed by atoms with E-state index in [1.807, 2.05) is 49.6 Å². The van der Waals surface area contributed by atoms with Crippen LogP contribution in [0, 0.1) is 0 Å². The smallest absolute Gasteiger partial charge is 0.193 e. The third-order valence-electron chi connectivity index (χ3n) is 3.54. The Hall–Kier alpha value is -2.88. The Bertz CT molecular complexity index is 1030. The molecule has 4 nitrogen and oxygen atoms in total. The molecule has 4 heteroatoms. The first-order valence-electron chi connectivity index (χ1n) is 6.67. The topological polar surface area (TPSA) is 48.0 Å². The van der Waals surface area contributed by atoms with Crippen molar-refractivity contribution in [2.75, 3.05) is 0 Å². The number of hydrogen-bond acceptors (Lipinski definition) is 3. The molecule has 0 aliphatic rings. The van der Waals surface area contributed by atoms with E-state index >= 15 is 0 Å². The van der Waals surface area contributed by atoms with Crippen molar-refractivity contribution in [1.82, 2.24) is 9.78 Å². The zero-order valence-electron chi connectivity index (χ0n) is 11.4. The largest absolute Gasteiger partial charge is 0.456 e. The molecule has 0 aliphatic heterocycles. The molecule has 4 aromatic rings. The van der Waals surface area contributed by atoms with Gasteiger partial charge in [-0.25, -0.2) is 0 Å². The normalized spacial score (nSPS) is 11.3. The molecule has 4 rings (SSSR count). The van der Waals surface area contributed by atoms with E-state index in [4.69, 9.17) is 4.42 Å². The second-order valence-corrected chi connectivity index (χ2v) is 5.05. The lowest BCUT2D eigenvalue weighted by atomic mass is 10.1. The molecule has 0 fully saturated rings. The number of benzene rings is 2. The van der Waals surface area contributed by atoms with Gasteiger partial charge < -0.3 is 4.42 Å². The molecule has 0 aliphatic carbocycles. The first-order valence-corrected chi connectivity index (χ1v) is 6.67. The van der Waals surface area contributed by atoms with Crippen LogP contribution in [0.15, 0.2) is 63.9 Å². The summed E-state index contributed by atoms with van der Waals surface area (Å²) in [5.41, 5.74) is 2.37. The van der Waals surface area contributed by atoms with Gasteiger partial charge in [-0.15, -0.1) is 0 Å². The molecule has 0 saturated heterocycles. The second kappa shape index (κ2) is 4.31. The number of rotatable bonds is 1. The van der Waals surface area contributed by atoms with Crippen molar-refractivity contribution in [3.63, 3.8) is 0 Å². The molecule has 0 saturated carbocycles. The van der Waals surface area contributed by atoms with Crippen LogP contribution in [0.3, 0.4) is 0 Å². The van der Waals surface area contributed by atoms with Crippen LogP contribution >= 0.6 is 0 Å². The van der Waals surface area contributed by atoms with Crippen molar-refractivity contribution in [2.24, 2.45) is 7.05 Å². The minimum absolute atomic E-state index is 0.0295. The summed E-state index contributed by atoms with van der Waals surface area (Å²) >= 11 is 0. The maximum atomic E-state index is 12.2. The second-order valence-electron chi connectivity index (χ2n) is 5.05. The Morgan fingerprint density at radius 3 is 2.86 bits per heavy atom. The van der Waals surface area contributed by atoms with Crippen LogP contribution in [0.2, 0.25) is 0 Å². The highest BCUT2D eigenvalue weighted by Crippen LogP contribution is 2.25. The van der Waals surface area contributed by atoms with Crippen molar-refractivity contribution in [1.29, 1.82) is 0 Å². The van der Waals surface area contributed by atoms with E-state index in [0.29, 0.717) is 16.7 Å². The van der Waals surface area contributed by atoms with Crippen molar-refractivity contribution in [3.8, 4) is 11.3 Å². The van der Waals surface area contributed by atoms with Crippen LogP contribution in [0.4, 0.5) is 0 Å². The summed E-state index contributed by atoms with van der Waals surface area (Å²) < 4.78 is 7.63.